The Hall–Kier alpha value is -2.56. The van der Waals surface area contributed by atoms with E-state index in [1.165, 1.54) is 29.4 Å². The molecule has 0 bridgehead atoms. The second-order valence-electron chi connectivity index (χ2n) is 5.84. The summed E-state index contributed by atoms with van der Waals surface area (Å²) < 4.78 is 2.54. The van der Waals surface area contributed by atoms with E-state index < -0.39 is 0 Å². The van der Waals surface area contributed by atoms with Crippen molar-refractivity contribution in [2.75, 3.05) is 0 Å². The predicted molar refractivity (Wildman–Crippen MR) is 114 cm³/mol. The molecule has 1 aromatic carbocycles. The van der Waals surface area contributed by atoms with Gasteiger partial charge in [0.05, 0.1) is 26.9 Å². The number of benzene rings is 1. The van der Waals surface area contributed by atoms with Gasteiger partial charge >= 0.3 is 0 Å². The number of aromatic nitrogens is 6. The van der Waals surface area contributed by atoms with E-state index >= 15 is 0 Å². The third-order valence-corrected chi connectivity index (χ3v) is 6.65. The molecule has 4 heterocycles. The van der Waals surface area contributed by atoms with Crippen LogP contribution in [0.3, 0.4) is 0 Å². The fourth-order valence-electron chi connectivity index (χ4n) is 2.91. The Bertz CT molecular complexity index is 1360. The van der Waals surface area contributed by atoms with Gasteiger partial charge in [0.15, 0.2) is 5.65 Å². The molecule has 28 heavy (non-hydrogen) atoms. The lowest BCUT2D eigenvalue weighted by molar-refractivity contribution is 0.886. The highest BCUT2D eigenvalue weighted by Crippen LogP contribution is 2.29. The first kappa shape index (κ1) is 17.5. The zero-order valence-electron chi connectivity index (χ0n) is 14.2. The summed E-state index contributed by atoms with van der Waals surface area (Å²) in [7, 11) is 0. The highest BCUT2D eigenvalue weighted by atomic mass is 79.9. The van der Waals surface area contributed by atoms with Crippen LogP contribution in [-0.4, -0.2) is 29.5 Å². The van der Waals surface area contributed by atoms with Crippen molar-refractivity contribution in [2.24, 2.45) is 0 Å². The molecule has 5 rings (SSSR count). The van der Waals surface area contributed by atoms with E-state index in [9.17, 15) is 4.79 Å². The van der Waals surface area contributed by atoms with Crippen molar-refractivity contribution in [2.45, 2.75) is 10.8 Å². The topological polar surface area (TPSA) is 89.3 Å². The third-order valence-electron chi connectivity index (χ3n) is 4.14. The average Bonchev–Trinajstić information content (AvgIpc) is 3.33. The Morgan fingerprint density at radius 3 is 2.89 bits per heavy atom. The van der Waals surface area contributed by atoms with Crippen LogP contribution < -0.4 is 5.56 Å². The molecule has 10 heteroatoms. The van der Waals surface area contributed by atoms with E-state index in [0.29, 0.717) is 33.0 Å². The predicted octanol–water partition coefficient (Wildman–Crippen LogP) is 4.17. The average molecular weight is 471 g/mol. The number of nitrogens with one attached hydrogen (secondary N) is 1. The summed E-state index contributed by atoms with van der Waals surface area (Å²) in [6.07, 6.45) is 3.09. The van der Waals surface area contributed by atoms with Crippen LogP contribution in [0.2, 0.25) is 0 Å². The van der Waals surface area contributed by atoms with Crippen molar-refractivity contribution in [3.05, 3.63) is 69.0 Å². The molecular weight excluding hydrogens is 460 g/mol. The van der Waals surface area contributed by atoms with Gasteiger partial charge in [-0.05, 0) is 34.1 Å². The van der Waals surface area contributed by atoms with Gasteiger partial charge in [-0.25, -0.2) is 19.9 Å². The van der Waals surface area contributed by atoms with Crippen molar-refractivity contribution in [3.63, 3.8) is 0 Å². The largest absolute Gasteiger partial charge is 0.329 e. The van der Waals surface area contributed by atoms with Gasteiger partial charge in [0.25, 0.3) is 5.56 Å². The van der Waals surface area contributed by atoms with Crippen LogP contribution in [0.1, 0.15) is 5.82 Å². The van der Waals surface area contributed by atoms with Gasteiger partial charge in [0.2, 0.25) is 0 Å². The second kappa shape index (κ2) is 7.12. The van der Waals surface area contributed by atoms with Crippen LogP contribution in [0, 0.1) is 0 Å². The summed E-state index contributed by atoms with van der Waals surface area (Å²) in [5.74, 6) is 1.12. The number of aromatic amines is 1. The normalized spacial score (nSPS) is 11.5. The minimum Gasteiger partial charge on any atom is -0.329 e. The van der Waals surface area contributed by atoms with Gasteiger partial charge in [-0.3, -0.25) is 9.36 Å². The quantitative estimate of drug-likeness (QED) is 0.313. The number of para-hydroxylation sites is 1. The zero-order valence-corrected chi connectivity index (χ0v) is 17.4. The molecule has 0 aliphatic rings. The molecule has 0 amide bonds. The zero-order chi connectivity index (χ0) is 19.1. The minimum atomic E-state index is -0.0821. The highest BCUT2D eigenvalue weighted by molar-refractivity contribution is 9.11. The molecule has 0 spiro atoms. The first-order valence-corrected chi connectivity index (χ1v) is 10.8. The van der Waals surface area contributed by atoms with Crippen LogP contribution in [0.5, 0.6) is 0 Å². The lowest BCUT2D eigenvalue weighted by Crippen LogP contribution is -2.22. The molecule has 0 fully saturated rings. The highest BCUT2D eigenvalue weighted by Gasteiger charge is 2.16. The first-order chi connectivity index (χ1) is 13.7. The number of fused-ring (bicyclic) bond motifs is 2. The number of hydrogen-bond donors (Lipinski definition) is 1. The fraction of sp³-hybridized carbons (Fsp3) is 0.0556. The third kappa shape index (κ3) is 3.03. The van der Waals surface area contributed by atoms with E-state index in [1.54, 1.807) is 10.9 Å². The maximum absolute atomic E-state index is 13.2. The van der Waals surface area contributed by atoms with Crippen molar-refractivity contribution < 1.29 is 0 Å². The Kier molecular flexibility index (Phi) is 4.46. The molecule has 0 atom stereocenters. The summed E-state index contributed by atoms with van der Waals surface area (Å²) >= 11 is 6.39. The van der Waals surface area contributed by atoms with Crippen LogP contribution in [-0.2, 0) is 5.75 Å². The summed E-state index contributed by atoms with van der Waals surface area (Å²) in [6.45, 7) is 0. The minimum absolute atomic E-state index is 0.0821. The summed E-state index contributed by atoms with van der Waals surface area (Å²) in [6, 6.07) is 11.4. The number of thiophene rings is 1. The Morgan fingerprint density at radius 2 is 2.04 bits per heavy atom. The monoisotopic (exact) mass is 470 g/mol. The van der Waals surface area contributed by atoms with Crippen molar-refractivity contribution >= 4 is 60.4 Å². The van der Waals surface area contributed by atoms with E-state index in [1.807, 2.05) is 36.4 Å². The van der Waals surface area contributed by atoms with Gasteiger partial charge < -0.3 is 4.98 Å². The van der Waals surface area contributed by atoms with Crippen LogP contribution in [0.4, 0.5) is 0 Å². The van der Waals surface area contributed by atoms with Gasteiger partial charge in [0.1, 0.15) is 27.5 Å². The van der Waals surface area contributed by atoms with Gasteiger partial charge in [-0.1, -0.05) is 30.0 Å². The van der Waals surface area contributed by atoms with E-state index in [-0.39, 0.29) is 5.56 Å². The molecule has 1 N–H and O–H groups in total. The molecule has 0 saturated heterocycles. The van der Waals surface area contributed by atoms with Crippen LogP contribution >= 0.6 is 39.0 Å². The van der Waals surface area contributed by atoms with Crippen molar-refractivity contribution in [3.8, 4) is 5.69 Å². The molecule has 0 aliphatic heterocycles. The molecule has 138 valence electrons. The number of halogens is 1. The number of rotatable bonds is 4. The standard InChI is InChI=1S/C18H11BrN6OS2/c19-12-6-11-16(28-12)24-13(25(18(11)26)10-4-2-1-3-5-10)7-27-17-14-15(21-8-20-14)22-9-23-17/h1-6,8-9H,7H2,(H,20,21,22,23). The summed E-state index contributed by atoms with van der Waals surface area (Å²) in [5.41, 5.74) is 2.10. The van der Waals surface area contributed by atoms with Gasteiger partial charge in [-0.2, -0.15) is 0 Å². The first-order valence-electron chi connectivity index (χ1n) is 8.24. The lowest BCUT2D eigenvalue weighted by Gasteiger charge is -2.12. The molecule has 5 aromatic rings. The Labute approximate surface area is 175 Å². The Balaban J connectivity index is 1.63. The Morgan fingerprint density at radius 1 is 1.18 bits per heavy atom. The lowest BCUT2D eigenvalue weighted by atomic mass is 10.3. The van der Waals surface area contributed by atoms with Gasteiger partial charge in [-0.15, -0.1) is 11.3 Å². The summed E-state index contributed by atoms with van der Waals surface area (Å²) in [5, 5.41) is 1.35. The van der Waals surface area contributed by atoms with Gasteiger partial charge in [0, 0.05) is 0 Å². The van der Waals surface area contributed by atoms with Crippen LogP contribution in [0.25, 0.3) is 27.1 Å². The molecule has 0 saturated carbocycles. The number of thioether (sulfide) groups is 1. The molecule has 4 aromatic heterocycles. The molecular formula is C18H11BrN6OS2. The summed E-state index contributed by atoms with van der Waals surface area (Å²) in [4.78, 5) is 34.5. The van der Waals surface area contributed by atoms with E-state index in [0.717, 1.165) is 14.5 Å². The molecule has 0 unspecified atom stereocenters. The molecule has 0 aliphatic carbocycles. The van der Waals surface area contributed by atoms with E-state index in [2.05, 4.69) is 35.9 Å². The number of imidazole rings is 1. The maximum atomic E-state index is 13.2. The number of H-pyrrole nitrogens is 1. The number of nitrogens with zero attached hydrogens (tertiary/aromatic N) is 5. The second-order valence-corrected chi connectivity index (χ2v) is 9.21. The molecule has 0 radical (unpaired) electrons. The SMILES string of the molecule is O=c1c2cc(Br)sc2nc(CSc2ncnc3[nH]cnc23)n1-c1ccccc1. The van der Waals surface area contributed by atoms with E-state index in [4.69, 9.17) is 4.98 Å². The fourth-order valence-corrected chi connectivity index (χ4v) is 5.24. The maximum Gasteiger partial charge on any atom is 0.266 e. The smallest absolute Gasteiger partial charge is 0.266 e. The molecule has 7 nitrogen and oxygen atoms in total. The number of hydrogen-bond acceptors (Lipinski definition) is 7. The van der Waals surface area contributed by atoms with Crippen LogP contribution in [0.15, 0.2) is 62.7 Å². The van der Waals surface area contributed by atoms with Crippen molar-refractivity contribution in [1.29, 1.82) is 0 Å². The van der Waals surface area contributed by atoms with Crippen molar-refractivity contribution in [1.82, 2.24) is 29.5 Å².